The average Bonchev–Trinajstić information content (AvgIpc) is 2.41. The van der Waals surface area contributed by atoms with Gasteiger partial charge in [-0.3, -0.25) is 4.79 Å². The zero-order chi connectivity index (χ0) is 13.3. The number of aryl methyl sites for hydroxylation is 1. The molecule has 3 nitrogen and oxygen atoms in total. The van der Waals surface area contributed by atoms with Gasteiger partial charge in [-0.15, -0.1) is 0 Å². The minimum Gasteiger partial charge on any atom is -0.355 e. The van der Waals surface area contributed by atoms with Gasteiger partial charge in [-0.05, 0) is 49.4 Å². The lowest BCUT2D eigenvalue weighted by Crippen LogP contribution is -2.51. The van der Waals surface area contributed by atoms with E-state index in [0.717, 1.165) is 32.5 Å². The molecule has 0 aromatic heterocycles. The van der Waals surface area contributed by atoms with Crippen molar-refractivity contribution in [3.05, 3.63) is 35.4 Å². The van der Waals surface area contributed by atoms with Crippen molar-refractivity contribution in [2.45, 2.75) is 32.1 Å². The zero-order valence-electron chi connectivity index (χ0n) is 11.5. The van der Waals surface area contributed by atoms with E-state index in [2.05, 4.69) is 41.8 Å². The first-order chi connectivity index (χ1) is 9.21. The number of amides is 1. The molecule has 1 aromatic rings. The second-order valence-corrected chi connectivity index (χ2v) is 6.00. The maximum atomic E-state index is 11.9. The van der Waals surface area contributed by atoms with Gasteiger partial charge in [0.1, 0.15) is 0 Å². The summed E-state index contributed by atoms with van der Waals surface area (Å²) in [6.07, 6.45) is 2.91. The van der Waals surface area contributed by atoms with Crippen LogP contribution in [-0.2, 0) is 4.79 Å². The van der Waals surface area contributed by atoms with Gasteiger partial charge < -0.3 is 10.6 Å². The molecule has 2 fully saturated rings. The van der Waals surface area contributed by atoms with Crippen molar-refractivity contribution in [1.29, 1.82) is 0 Å². The number of hydrogen-bond acceptors (Lipinski definition) is 2. The largest absolute Gasteiger partial charge is 0.355 e. The van der Waals surface area contributed by atoms with E-state index < -0.39 is 0 Å². The Morgan fingerprint density at radius 2 is 1.95 bits per heavy atom. The van der Waals surface area contributed by atoms with E-state index in [1.165, 1.54) is 11.1 Å². The Kier molecular flexibility index (Phi) is 3.31. The molecule has 2 heterocycles. The maximum Gasteiger partial charge on any atom is 0.220 e. The summed E-state index contributed by atoms with van der Waals surface area (Å²) in [6.45, 7) is 5.05. The number of piperidine rings is 2. The lowest BCUT2D eigenvalue weighted by molar-refractivity contribution is -0.127. The molecule has 2 saturated heterocycles. The number of carbonyl (C=O) groups excluding carboxylic acids is 1. The number of carbonyl (C=O) groups is 1. The molecule has 1 spiro atoms. The van der Waals surface area contributed by atoms with Crippen LogP contribution in [0.4, 0.5) is 0 Å². The minimum atomic E-state index is 0.166. The Bertz CT molecular complexity index is 477. The number of benzene rings is 1. The van der Waals surface area contributed by atoms with Gasteiger partial charge in [-0.1, -0.05) is 24.3 Å². The Morgan fingerprint density at radius 3 is 2.68 bits per heavy atom. The molecule has 3 rings (SSSR count). The highest BCUT2D eigenvalue weighted by molar-refractivity contribution is 5.78. The molecule has 0 bridgehead atoms. The van der Waals surface area contributed by atoms with Gasteiger partial charge in [-0.25, -0.2) is 0 Å². The van der Waals surface area contributed by atoms with Crippen LogP contribution in [0.5, 0.6) is 0 Å². The second kappa shape index (κ2) is 4.97. The molecule has 0 saturated carbocycles. The molecule has 0 radical (unpaired) electrons. The van der Waals surface area contributed by atoms with Crippen molar-refractivity contribution in [2.24, 2.45) is 5.41 Å². The van der Waals surface area contributed by atoms with Crippen molar-refractivity contribution in [3.8, 4) is 0 Å². The van der Waals surface area contributed by atoms with E-state index in [9.17, 15) is 4.79 Å². The summed E-state index contributed by atoms with van der Waals surface area (Å²) < 4.78 is 0. The van der Waals surface area contributed by atoms with Gasteiger partial charge in [-0.2, -0.15) is 0 Å². The van der Waals surface area contributed by atoms with Gasteiger partial charge in [0.25, 0.3) is 0 Å². The van der Waals surface area contributed by atoms with Crippen molar-refractivity contribution >= 4 is 5.91 Å². The van der Waals surface area contributed by atoms with E-state index in [1.54, 1.807) is 0 Å². The van der Waals surface area contributed by atoms with Gasteiger partial charge in [0.05, 0.1) is 0 Å². The van der Waals surface area contributed by atoms with E-state index in [1.807, 2.05) is 0 Å². The molecule has 2 N–H and O–H groups in total. The quantitative estimate of drug-likeness (QED) is 0.808. The van der Waals surface area contributed by atoms with Crippen molar-refractivity contribution in [3.63, 3.8) is 0 Å². The summed E-state index contributed by atoms with van der Waals surface area (Å²) in [6, 6.07) is 8.63. The van der Waals surface area contributed by atoms with Gasteiger partial charge in [0.15, 0.2) is 0 Å². The van der Waals surface area contributed by atoms with E-state index in [4.69, 9.17) is 0 Å². The molecular formula is C16H22N2O. The first-order valence-corrected chi connectivity index (χ1v) is 7.24. The molecule has 102 valence electrons. The number of rotatable bonds is 1. The highest BCUT2D eigenvalue weighted by Gasteiger charge is 2.45. The zero-order valence-corrected chi connectivity index (χ0v) is 11.5. The van der Waals surface area contributed by atoms with Crippen LogP contribution in [0.1, 0.15) is 36.3 Å². The van der Waals surface area contributed by atoms with Crippen LogP contribution in [0.3, 0.4) is 0 Å². The molecule has 19 heavy (non-hydrogen) atoms. The smallest absolute Gasteiger partial charge is 0.220 e. The Labute approximate surface area is 114 Å². The lowest BCUT2D eigenvalue weighted by atomic mass is 9.62. The van der Waals surface area contributed by atoms with Crippen LogP contribution in [0.15, 0.2) is 24.3 Å². The highest BCUT2D eigenvalue weighted by atomic mass is 16.1. The van der Waals surface area contributed by atoms with Gasteiger partial charge >= 0.3 is 0 Å². The normalized spacial score (nSPS) is 26.2. The monoisotopic (exact) mass is 258 g/mol. The third kappa shape index (κ3) is 2.27. The van der Waals surface area contributed by atoms with Crippen LogP contribution < -0.4 is 10.6 Å². The minimum absolute atomic E-state index is 0.166. The SMILES string of the molecule is Cc1ccccc1C1CNC(=O)CC12CCNCC2. The van der Waals surface area contributed by atoms with Crippen LogP contribution >= 0.6 is 0 Å². The molecule has 1 atom stereocenters. The van der Waals surface area contributed by atoms with Gasteiger partial charge in [0, 0.05) is 18.9 Å². The molecule has 1 aromatic carbocycles. The third-order valence-electron chi connectivity index (χ3n) is 4.92. The van der Waals surface area contributed by atoms with Crippen molar-refractivity contribution in [1.82, 2.24) is 10.6 Å². The molecule has 1 unspecified atom stereocenters. The summed E-state index contributed by atoms with van der Waals surface area (Å²) in [7, 11) is 0. The average molecular weight is 258 g/mol. The molecular weight excluding hydrogens is 236 g/mol. The van der Waals surface area contributed by atoms with Crippen molar-refractivity contribution < 1.29 is 4.79 Å². The fourth-order valence-electron chi connectivity index (χ4n) is 3.81. The lowest BCUT2D eigenvalue weighted by Gasteiger charge is -2.47. The second-order valence-electron chi connectivity index (χ2n) is 6.00. The van der Waals surface area contributed by atoms with Crippen molar-refractivity contribution in [2.75, 3.05) is 19.6 Å². The summed E-state index contributed by atoms with van der Waals surface area (Å²) in [5, 5.41) is 6.50. The Balaban J connectivity index is 1.97. The standard InChI is InChI=1S/C16H22N2O/c1-12-4-2-3-5-13(12)14-11-18-15(19)10-16(14)6-8-17-9-7-16/h2-5,14,17H,6-11H2,1H3,(H,18,19). The third-order valence-corrected chi connectivity index (χ3v) is 4.92. The Hall–Kier alpha value is -1.35. The predicted octanol–water partition coefficient (Wildman–Crippen LogP) is 1.97. The van der Waals surface area contributed by atoms with Gasteiger partial charge in [0.2, 0.25) is 5.91 Å². The maximum absolute atomic E-state index is 11.9. The summed E-state index contributed by atoms with van der Waals surface area (Å²) >= 11 is 0. The van der Waals surface area contributed by atoms with Crippen LogP contribution in [-0.4, -0.2) is 25.5 Å². The molecule has 0 aliphatic carbocycles. The topological polar surface area (TPSA) is 41.1 Å². The van der Waals surface area contributed by atoms with E-state index in [0.29, 0.717) is 12.3 Å². The first-order valence-electron chi connectivity index (χ1n) is 7.24. The fraction of sp³-hybridized carbons (Fsp3) is 0.562. The number of hydrogen-bond donors (Lipinski definition) is 2. The van der Waals surface area contributed by atoms with Crippen LogP contribution in [0.2, 0.25) is 0 Å². The molecule has 2 aliphatic rings. The molecule has 1 amide bonds. The fourth-order valence-corrected chi connectivity index (χ4v) is 3.81. The Morgan fingerprint density at radius 1 is 1.21 bits per heavy atom. The first kappa shape index (κ1) is 12.7. The summed E-state index contributed by atoms with van der Waals surface area (Å²) in [5.41, 5.74) is 2.94. The summed E-state index contributed by atoms with van der Waals surface area (Å²) in [5.74, 6) is 0.695. The number of nitrogens with one attached hydrogen (secondary N) is 2. The molecule has 2 aliphatic heterocycles. The van der Waals surface area contributed by atoms with Crippen LogP contribution in [0.25, 0.3) is 0 Å². The van der Waals surface area contributed by atoms with E-state index >= 15 is 0 Å². The molecule has 3 heteroatoms. The summed E-state index contributed by atoms with van der Waals surface area (Å²) in [4.78, 5) is 11.9. The van der Waals surface area contributed by atoms with E-state index in [-0.39, 0.29) is 11.3 Å². The van der Waals surface area contributed by atoms with Crippen LogP contribution in [0, 0.1) is 12.3 Å². The predicted molar refractivity (Wildman–Crippen MR) is 76.1 cm³/mol. The highest BCUT2D eigenvalue weighted by Crippen LogP contribution is 2.48.